The number of hydrogen-bond acceptors (Lipinski definition) is 3. The van der Waals surface area contributed by atoms with Gasteiger partial charge in [0.15, 0.2) is 0 Å². The zero-order valence-electron chi connectivity index (χ0n) is 11.5. The first kappa shape index (κ1) is 13.3. The van der Waals surface area contributed by atoms with Crippen LogP contribution in [0.4, 0.5) is 5.69 Å². The molecule has 0 saturated carbocycles. The Morgan fingerprint density at radius 1 is 1.10 bits per heavy atom. The number of rotatable bonds is 3. The summed E-state index contributed by atoms with van der Waals surface area (Å²) in [5, 5.41) is 3.38. The van der Waals surface area contributed by atoms with Crippen LogP contribution >= 0.6 is 15.9 Å². The summed E-state index contributed by atoms with van der Waals surface area (Å²) in [7, 11) is 3.33. The molecule has 0 aromatic heterocycles. The first-order valence-corrected chi connectivity index (χ1v) is 7.31. The van der Waals surface area contributed by atoms with Crippen molar-refractivity contribution in [1.29, 1.82) is 0 Å². The van der Waals surface area contributed by atoms with Gasteiger partial charge in [-0.05, 0) is 57.7 Å². The van der Waals surface area contributed by atoms with E-state index in [9.17, 15) is 0 Å². The number of anilines is 1. The molecule has 0 spiro atoms. The van der Waals surface area contributed by atoms with E-state index in [1.165, 1.54) is 11.3 Å². The summed E-state index contributed by atoms with van der Waals surface area (Å²) in [4.78, 5) is 0. The molecular formula is C16H16BrNO2. The van der Waals surface area contributed by atoms with E-state index < -0.39 is 0 Å². The van der Waals surface area contributed by atoms with Gasteiger partial charge in [0.05, 0.1) is 14.2 Å². The summed E-state index contributed by atoms with van der Waals surface area (Å²) in [6.45, 7) is 1.02. The van der Waals surface area contributed by atoms with E-state index in [0.29, 0.717) is 0 Å². The normalized spacial score (nSPS) is 12.8. The monoisotopic (exact) mass is 333 g/mol. The molecule has 1 aliphatic rings. The minimum Gasteiger partial charge on any atom is -0.495 e. The van der Waals surface area contributed by atoms with Gasteiger partial charge in [0, 0.05) is 17.8 Å². The Hall–Kier alpha value is -1.68. The molecule has 2 aromatic rings. The standard InChI is InChI=1S/C16H16BrNO2/c1-19-14-6-4-12(16(20-2)15(14)17)10-3-5-13-11(9-10)7-8-18-13/h3-6,9,18H,7-8H2,1-2H3. The highest BCUT2D eigenvalue weighted by Gasteiger charge is 2.16. The molecule has 0 saturated heterocycles. The number of halogens is 1. The fraction of sp³-hybridized carbons (Fsp3) is 0.250. The van der Waals surface area contributed by atoms with Gasteiger partial charge in [-0.15, -0.1) is 0 Å². The Bertz CT molecular complexity index is 655. The van der Waals surface area contributed by atoms with E-state index in [1.54, 1.807) is 14.2 Å². The van der Waals surface area contributed by atoms with Crippen molar-refractivity contribution in [2.24, 2.45) is 0 Å². The van der Waals surface area contributed by atoms with E-state index in [-0.39, 0.29) is 0 Å². The van der Waals surface area contributed by atoms with Crippen LogP contribution < -0.4 is 14.8 Å². The number of hydrogen-bond donors (Lipinski definition) is 1. The quantitative estimate of drug-likeness (QED) is 0.917. The van der Waals surface area contributed by atoms with E-state index in [1.807, 2.05) is 12.1 Å². The summed E-state index contributed by atoms with van der Waals surface area (Å²) in [5.74, 6) is 1.57. The lowest BCUT2D eigenvalue weighted by Crippen LogP contribution is -1.93. The third kappa shape index (κ3) is 2.14. The number of nitrogens with one attached hydrogen (secondary N) is 1. The van der Waals surface area contributed by atoms with Crippen molar-refractivity contribution in [3.63, 3.8) is 0 Å². The third-order valence-corrected chi connectivity index (χ3v) is 4.36. The molecule has 0 aliphatic carbocycles. The molecule has 0 radical (unpaired) electrons. The Kier molecular flexibility index (Phi) is 3.57. The molecule has 3 nitrogen and oxygen atoms in total. The lowest BCUT2D eigenvalue weighted by Gasteiger charge is -2.14. The fourth-order valence-electron chi connectivity index (χ4n) is 2.59. The molecule has 2 aromatic carbocycles. The second-order valence-electron chi connectivity index (χ2n) is 4.71. The minimum atomic E-state index is 0.772. The van der Waals surface area contributed by atoms with Crippen molar-refractivity contribution in [3.8, 4) is 22.6 Å². The summed E-state index contributed by atoms with van der Waals surface area (Å²) in [5.41, 5.74) is 4.82. The summed E-state index contributed by atoms with van der Waals surface area (Å²) >= 11 is 3.55. The zero-order chi connectivity index (χ0) is 14.1. The Morgan fingerprint density at radius 3 is 2.70 bits per heavy atom. The molecule has 4 heteroatoms. The van der Waals surface area contributed by atoms with E-state index in [0.717, 1.165) is 40.1 Å². The van der Waals surface area contributed by atoms with Gasteiger partial charge >= 0.3 is 0 Å². The van der Waals surface area contributed by atoms with Crippen LogP contribution in [-0.2, 0) is 6.42 Å². The molecule has 3 rings (SSSR count). The van der Waals surface area contributed by atoms with E-state index in [4.69, 9.17) is 9.47 Å². The predicted octanol–water partition coefficient (Wildman–Crippen LogP) is 4.10. The van der Waals surface area contributed by atoms with Gasteiger partial charge in [-0.2, -0.15) is 0 Å². The van der Waals surface area contributed by atoms with Crippen molar-refractivity contribution in [2.75, 3.05) is 26.1 Å². The number of fused-ring (bicyclic) bond motifs is 1. The molecule has 0 bridgehead atoms. The van der Waals surface area contributed by atoms with Crippen LogP contribution in [0.2, 0.25) is 0 Å². The number of methoxy groups -OCH3 is 2. The Labute approximate surface area is 127 Å². The maximum absolute atomic E-state index is 5.55. The summed E-state index contributed by atoms with van der Waals surface area (Å²) in [6, 6.07) is 10.5. The summed E-state index contributed by atoms with van der Waals surface area (Å²) in [6.07, 6.45) is 1.07. The van der Waals surface area contributed by atoms with Crippen molar-refractivity contribution in [2.45, 2.75) is 6.42 Å². The Morgan fingerprint density at radius 2 is 1.95 bits per heavy atom. The zero-order valence-corrected chi connectivity index (χ0v) is 13.1. The smallest absolute Gasteiger partial charge is 0.144 e. The highest BCUT2D eigenvalue weighted by Crippen LogP contribution is 2.42. The second kappa shape index (κ2) is 5.37. The van der Waals surface area contributed by atoms with Gasteiger partial charge in [-0.25, -0.2) is 0 Å². The van der Waals surface area contributed by atoms with Gasteiger partial charge in [-0.3, -0.25) is 0 Å². The van der Waals surface area contributed by atoms with Crippen molar-refractivity contribution >= 4 is 21.6 Å². The molecule has 0 fully saturated rings. The molecule has 20 heavy (non-hydrogen) atoms. The lowest BCUT2D eigenvalue weighted by atomic mass is 10.0. The topological polar surface area (TPSA) is 30.5 Å². The number of ether oxygens (including phenoxy) is 2. The highest BCUT2D eigenvalue weighted by atomic mass is 79.9. The van der Waals surface area contributed by atoms with Crippen LogP contribution in [0.15, 0.2) is 34.8 Å². The molecule has 0 atom stereocenters. The van der Waals surface area contributed by atoms with Gasteiger partial charge < -0.3 is 14.8 Å². The van der Waals surface area contributed by atoms with Crippen molar-refractivity contribution in [1.82, 2.24) is 0 Å². The van der Waals surface area contributed by atoms with Gasteiger partial charge in [-0.1, -0.05) is 6.07 Å². The number of benzene rings is 2. The first-order valence-electron chi connectivity index (χ1n) is 6.52. The van der Waals surface area contributed by atoms with Gasteiger partial charge in [0.1, 0.15) is 16.0 Å². The van der Waals surface area contributed by atoms with Crippen LogP contribution in [0.1, 0.15) is 5.56 Å². The highest BCUT2D eigenvalue weighted by molar-refractivity contribution is 9.10. The largest absolute Gasteiger partial charge is 0.495 e. The van der Waals surface area contributed by atoms with E-state index in [2.05, 4.69) is 39.4 Å². The molecular weight excluding hydrogens is 318 g/mol. The van der Waals surface area contributed by atoms with Crippen LogP contribution in [-0.4, -0.2) is 20.8 Å². The predicted molar refractivity (Wildman–Crippen MR) is 84.9 cm³/mol. The van der Waals surface area contributed by atoms with Crippen molar-refractivity contribution < 1.29 is 9.47 Å². The maximum Gasteiger partial charge on any atom is 0.144 e. The minimum absolute atomic E-state index is 0.772. The lowest BCUT2D eigenvalue weighted by molar-refractivity contribution is 0.390. The SMILES string of the molecule is COc1ccc(-c2ccc3c(c2)CCN3)c(OC)c1Br. The van der Waals surface area contributed by atoms with Crippen LogP contribution in [0.25, 0.3) is 11.1 Å². The van der Waals surface area contributed by atoms with Gasteiger partial charge in [0.25, 0.3) is 0 Å². The Balaban J connectivity index is 2.12. The van der Waals surface area contributed by atoms with Crippen LogP contribution in [0, 0.1) is 0 Å². The van der Waals surface area contributed by atoms with Gasteiger partial charge in [0.2, 0.25) is 0 Å². The third-order valence-electron chi connectivity index (χ3n) is 3.61. The molecule has 0 amide bonds. The fourth-order valence-corrected chi connectivity index (χ4v) is 3.26. The second-order valence-corrected chi connectivity index (χ2v) is 5.50. The average molecular weight is 334 g/mol. The van der Waals surface area contributed by atoms with Crippen LogP contribution in [0.3, 0.4) is 0 Å². The first-order chi connectivity index (χ1) is 9.74. The van der Waals surface area contributed by atoms with Crippen LogP contribution in [0.5, 0.6) is 11.5 Å². The van der Waals surface area contributed by atoms with Crippen molar-refractivity contribution in [3.05, 3.63) is 40.4 Å². The average Bonchev–Trinajstić information content (AvgIpc) is 2.94. The molecule has 1 heterocycles. The molecule has 1 N–H and O–H groups in total. The molecule has 0 unspecified atom stereocenters. The molecule has 104 valence electrons. The maximum atomic E-state index is 5.55. The van der Waals surface area contributed by atoms with E-state index >= 15 is 0 Å². The molecule has 1 aliphatic heterocycles. The summed E-state index contributed by atoms with van der Waals surface area (Å²) < 4.78 is 11.7.